The van der Waals surface area contributed by atoms with Gasteiger partial charge in [-0.2, -0.15) is 0 Å². The molecule has 0 aromatic heterocycles. The van der Waals surface area contributed by atoms with Crippen molar-refractivity contribution < 1.29 is 69.0 Å². The number of hydrogen-bond donors (Lipinski definition) is 7. The van der Waals surface area contributed by atoms with Gasteiger partial charge in [0.2, 0.25) is 0 Å². The van der Waals surface area contributed by atoms with Gasteiger partial charge in [-0.05, 0) is 70.6 Å². The molecular formula is C55H98O14. The Hall–Kier alpha value is -2.05. The topological polar surface area (TPSA) is 214 Å². The van der Waals surface area contributed by atoms with E-state index in [1.54, 1.807) is 0 Å². The number of carbonyl (C=O) groups excluding carboxylic acids is 1. The fourth-order valence-electron chi connectivity index (χ4n) is 8.41. The third kappa shape index (κ3) is 29.9. The highest BCUT2D eigenvalue weighted by Gasteiger charge is 2.47. The first-order chi connectivity index (χ1) is 33.6. The molecular weight excluding hydrogens is 885 g/mol. The van der Waals surface area contributed by atoms with Crippen molar-refractivity contribution in [2.24, 2.45) is 0 Å². The number of carbonyl (C=O) groups is 1. The van der Waals surface area contributed by atoms with E-state index in [-0.39, 0.29) is 25.6 Å². The first-order valence-electron chi connectivity index (χ1n) is 27.2. The van der Waals surface area contributed by atoms with Crippen LogP contribution in [0.5, 0.6) is 0 Å². The first kappa shape index (κ1) is 63.1. The van der Waals surface area contributed by atoms with Crippen LogP contribution in [-0.4, -0.2) is 142 Å². The Bertz CT molecular complexity index is 1320. The second-order valence-electron chi connectivity index (χ2n) is 19.0. The second-order valence-corrected chi connectivity index (χ2v) is 19.0. The highest BCUT2D eigenvalue weighted by Crippen LogP contribution is 2.26. The van der Waals surface area contributed by atoms with Crippen LogP contribution in [0.2, 0.25) is 0 Å². The molecule has 11 unspecified atom stereocenters. The number of rotatable bonds is 43. The van der Waals surface area contributed by atoms with Crippen LogP contribution in [0.3, 0.4) is 0 Å². The van der Waals surface area contributed by atoms with Gasteiger partial charge in [0.1, 0.15) is 54.9 Å². The van der Waals surface area contributed by atoms with Crippen molar-refractivity contribution in [2.75, 3.05) is 33.0 Å². The van der Waals surface area contributed by atoms with Gasteiger partial charge >= 0.3 is 5.97 Å². The molecule has 0 bridgehead atoms. The van der Waals surface area contributed by atoms with Crippen LogP contribution in [0.25, 0.3) is 0 Å². The Morgan fingerprint density at radius 1 is 0.493 bits per heavy atom. The lowest BCUT2D eigenvalue weighted by molar-refractivity contribution is -0.332. The zero-order valence-corrected chi connectivity index (χ0v) is 42.8. The van der Waals surface area contributed by atoms with Crippen LogP contribution >= 0.6 is 0 Å². The summed E-state index contributed by atoms with van der Waals surface area (Å²) in [6, 6.07) is 0. The number of ether oxygens (including phenoxy) is 6. The van der Waals surface area contributed by atoms with E-state index in [1.165, 1.54) is 96.3 Å². The van der Waals surface area contributed by atoms with E-state index in [4.69, 9.17) is 28.4 Å². The Kier molecular flexibility index (Phi) is 38.8. The molecule has 2 fully saturated rings. The summed E-state index contributed by atoms with van der Waals surface area (Å²) in [7, 11) is 0. The maximum atomic E-state index is 13.0. The van der Waals surface area contributed by atoms with Gasteiger partial charge in [-0.3, -0.25) is 4.79 Å². The first-order valence-corrected chi connectivity index (χ1v) is 27.2. The van der Waals surface area contributed by atoms with Gasteiger partial charge in [-0.25, -0.2) is 0 Å². The Balaban J connectivity index is 1.75. The molecule has 69 heavy (non-hydrogen) atoms. The van der Waals surface area contributed by atoms with Crippen LogP contribution in [0, 0.1) is 0 Å². The molecule has 2 rings (SSSR count). The van der Waals surface area contributed by atoms with Crippen LogP contribution in [0.15, 0.2) is 48.6 Å². The Morgan fingerprint density at radius 2 is 0.942 bits per heavy atom. The largest absolute Gasteiger partial charge is 0.457 e. The fraction of sp³-hybridized carbons (Fsp3) is 0.836. The molecule has 0 saturated carbocycles. The summed E-state index contributed by atoms with van der Waals surface area (Å²) in [4.78, 5) is 13.0. The van der Waals surface area contributed by atoms with Crippen molar-refractivity contribution in [1.82, 2.24) is 0 Å². The highest BCUT2D eigenvalue weighted by atomic mass is 16.7. The lowest BCUT2D eigenvalue weighted by Crippen LogP contribution is -2.61. The molecule has 0 amide bonds. The number of hydrogen-bond acceptors (Lipinski definition) is 14. The normalized spacial score (nSPS) is 26.0. The molecule has 2 saturated heterocycles. The molecule has 2 heterocycles. The summed E-state index contributed by atoms with van der Waals surface area (Å²) in [5.41, 5.74) is 0. The Labute approximate surface area is 416 Å². The summed E-state index contributed by atoms with van der Waals surface area (Å²) in [6.45, 7) is 3.56. The standard InChI is InChI=1S/C55H98O14/c1-3-5-7-9-11-13-15-17-19-21-23-25-27-29-31-33-35-37-39-64-41-44(67-47(57)38-36-34-32-30-28-26-24-22-20-18-16-14-12-10-8-6-4-2)42-65-54-53(63)51(61)49(59)46(69-54)43-66-55-52(62)50(60)48(58)45(40-56)68-55/h5,7,11,13,17-20,44-46,48-56,58-63H,3-4,6,8-10,12,14-16,21-43H2,1-2H3/b7-5-,13-11-,19-17-,20-18-. The van der Waals surface area contributed by atoms with E-state index >= 15 is 0 Å². The predicted octanol–water partition coefficient (Wildman–Crippen LogP) is 8.74. The minimum atomic E-state index is -1.71. The van der Waals surface area contributed by atoms with E-state index in [1.807, 2.05) is 0 Å². The molecule has 0 radical (unpaired) electrons. The van der Waals surface area contributed by atoms with Gasteiger partial charge in [0, 0.05) is 13.0 Å². The van der Waals surface area contributed by atoms with E-state index in [0.717, 1.165) is 70.6 Å². The maximum absolute atomic E-state index is 13.0. The number of esters is 1. The van der Waals surface area contributed by atoms with Crippen LogP contribution in [0.4, 0.5) is 0 Å². The third-order valence-electron chi connectivity index (χ3n) is 12.8. The molecule has 0 aliphatic carbocycles. The van der Waals surface area contributed by atoms with Crippen molar-refractivity contribution in [1.29, 1.82) is 0 Å². The average Bonchev–Trinajstić information content (AvgIpc) is 3.35. The van der Waals surface area contributed by atoms with E-state index in [0.29, 0.717) is 13.0 Å². The molecule has 14 heteroatoms. The molecule has 14 nitrogen and oxygen atoms in total. The number of aliphatic hydroxyl groups excluding tert-OH is 7. The quantitative estimate of drug-likeness (QED) is 0.0173. The van der Waals surface area contributed by atoms with Gasteiger partial charge in [0.25, 0.3) is 0 Å². The Morgan fingerprint density at radius 3 is 1.49 bits per heavy atom. The zero-order valence-electron chi connectivity index (χ0n) is 42.8. The SMILES string of the molecule is CC/C=C\C/C=C\C/C=C\CCCCCCCCCCOCC(COC1OC(COC2OC(CO)C(O)C(O)C2O)C(O)C(O)C1O)OC(=O)CCCCCCCCC/C=C\CCCCCCCC. The molecule has 402 valence electrons. The lowest BCUT2D eigenvalue weighted by Gasteiger charge is -2.42. The zero-order chi connectivity index (χ0) is 50.2. The van der Waals surface area contributed by atoms with Gasteiger partial charge < -0.3 is 64.2 Å². The third-order valence-corrected chi connectivity index (χ3v) is 12.8. The molecule has 0 spiro atoms. The minimum Gasteiger partial charge on any atom is -0.457 e. The summed E-state index contributed by atoms with van der Waals surface area (Å²) in [6.07, 6.45) is 33.1. The van der Waals surface area contributed by atoms with Crippen LogP contribution < -0.4 is 0 Å². The van der Waals surface area contributed by atoms with E-state index in [2.05, 4.69) is 62.5 Å². The van der Waals surface area contributed by atoms with Crippen molar-refractivity contribution in [2.45, 2.75) is 261 Å². The average molecular weight is 983 g/mol. The van der Waals surface area contributed by atoms with E-state index < -0.39 is 80.7 Å². The van der Waals surface area contributed by atoms with Crippen LogP contribution in [-0.2, 0) is 33.2 Å². The molecule has 7 N–H and O–H groups in total. The summed E-state index contributed by atoms with van der Waals surface area (Å²) < 4.78 is 34.3. The van der Waals surface area contributed by atoms with Crippen molar-refractivity contribution in [3.63, 3.8) is 0 Å². The summed E-state index contributed by atoms with van der Waals surface area (Å²) >= 11 is 0. The summed E-state index contributed by atoms with van der Waals surface area (Å²) in [5, 5.41) is 72.2. The van der Waals surface area contributed by atoms with Crippen molar-refractivity contribution >= 4 is 5.97 Å². The molecule has 0 aromatic carbocycles. The number of aliphatic hydroxyl groups is 7. The predicted molar refractivity (Wildman–Crippen MR) is 270 cm³/mol. The lowest BCUT2D eigenvalue weighted by atomic mass is 9.98. The van der Waals surface area contributed by atoms with Gasteiger partial charge in [-0.1, -0.05) is 165 Å². The number of unbranched alkanes of at least 4 members (excludes halogenated alkanes) is 21. The molecule has 2 aliphatic rings. The smallest absolute Gasteiger partial charge is 0.306 e. The molecule has 11 atom stereocenters. The van der Waals surface area contributed by atoms with Gasteiger partial charge in [0.05, 0.1) is 26.4 Å². The van der Waals surface area contributed by atoms with Gasteiger partial charge in [-0.15, -0.1) is 0 Å². The fourth-order valence-corrected chi connectivity index (χ4v) is 8.41. The van der Waals surface area contributed by atoms with Gasteiger partial charge in [0.15, 0.2) is 12.6 Å². The monoisotopic (exact) mass is 983 g/mol. The second kappa shape index (κ2) is 42.5. The maximum Gasteiger partial charge on any atom is 0.306 e. The van der Waals surface area contributed by atoms with Crippen molar-refractivity contribution in [3.05, 3.63) is 48.6 Å². The van der Waals surface area contributed by atoms with E-state index in [9.17, 15) is 40.5 Å². The minimum absolute atomic E-state index is 0.0542. The molecule has 2 aliphatic heterocycles. The number of allylic oxidation sites excluding steroid dienone is 8. The highest BCUT2D eigenvalue weighted by molar-refractivity contribution is 5.69. The summed E-state index contributed by atoms with van der Waals surface area (Å²) in [5.74, 6) is -0.384. The molecule has 0 aromatic rings. The van der Waals surface area contributed by atoms with Crippen LogP contribution in [0.1, 0.15) is 194 Å². The van der Waals surface area contributed by atoms with Crippen molar-refractivity contribution in [3.8, 4) is 0 Å².